The number of hydrogen-bond acceptors (Lipinski definition) is 3. The van der Waals surface area contributed by atoms with Gasteiger partial charge in [0.25, 0.3) is 0 Å². The van der Waals surface area contributed by atoms with Gasteiger partial charge in [0, 0.05) is 0 Å². The second-order valence-electron chi connectivity index (χ2n) is 3.82. The monoisotopic (exact) mass is 234 g/mol. The lowest BCUT2D eigenvalue weighted by molar-refractivity contribution is -0.151. The molecule has 0 fully saturated rings. The average Bonchev–Trinajstić information content (AvgIpc) is 2.37. The molecule has 0 aromatic heterocycles. The van der Waals surface area contributed by atoms with E-state index < -0.39 is 11.4 Å². The van der Waals surface area contributed by atoms with Crippen LogP contribution >= 0.6 is 0 Å². The van der Waals surface area contributed by atoms with Crippen molar-refractivity contribution in [1.29, 1.82) is 0 Å². The van der Waals surface area contributed by atoms with E-state index in [9.17, 15) is 9.90 Å². The Labute approximate surface area is 102 Å². The Morgan fingerprint density at radius 2 is 2.12 bits per heavy atom. The molecular formula is C14H18O3. The summed E-state index contributed by atoms with van der Waals surface area (Å²) in [5.41, 5.74) is -0.278. The van der Waals surface area contributed by atoms with Crippen molar-refractivity contribution in [3.05, 3.63) is 48.6 Å². The number of allylic oxidation sites excluding steroid dienone is 1. The van der Waals surface area contributed by atoms with E-state index in [0.29, 0.717) is 13.0 Å². The van der Waals surface area contributed by atoms with Gasteiger partial charge in [0.1, 0.15) is 5.41 Å². The number of rotatable bonds is 6. The molecule has 0 bridgehead atoms. The van der Waals surface area contributed by atoms with Gasteiger partial charge in [0.05, 0.1) is 13.2 Å². The molecule has 3 nitrogen and oxygen atoms in total. The van der Waals surface area contributed by atoms with Crippen molar-refractivity contribution >= 4 is 5.97 Å². The number of aliphatic hydroxyl groups is 1. The van der Waals surface area contributed by atoms with Crippen LogP contribution in [0.15, 0.2) is 43.0 Å². The molecule has 1 atom stereocenters. The average molecular weight is 234 g/mol. The second-order valence-corrected chi connectivity index (χ2v) is 3.82. The number of aliphatic hydroxyl groups excluding tert-OH is 1. The van der Waals surface area contributed by atoms with E-state index in [-0.39, 0.29) is 6.61 Å². The predicted octanol–water partition coefficient (Wildman–Crippen LogP) is 2.06. The van der Waals surface area contributed by atoms with Gasteiger partial charge in [-0.2, -0.15) is 0 Å². The van der Waals surface area contributed by atoms with Crippen molar-refractivity contribution in [2.75, 3.05) is 13.2 Å². The van der Waals surface area contributed by atoms with Crippen LogP contribution in [0.3, 0.4) is 0 Å². The first-order valence-corrected chi connectivity index (χ1v) is 5.65. The van der Waals surface area contributed by atoms with Gasteiger partial charge in [-0.15, -0.1) is 6.58 Å². The number of carbonyl (C=O) groups excluding carboxylic acids is 1. The third kappa shape index (κ3) is 2.74. The van der Waals surface area contributed by atoms with Gasteiger partial charge in [-0.3, -0.25) is 4.79 Å². The Morgan fingerprint density at radius 3 is 2.59 bits per heavy atom. The summed E-state index contributed by atoms with van der Waals surface area (Å²) in [5, 5.41) is 9.61. The van der Waals surface area contributed by atoms with Gasteiger partial charge in [-0.05, 0) is 18.9 Å². The maximum Gasteiger partial charge on any atom is 0.319 e. The quantitative estimate of drug-likeness (QED) is 0.605. The fraction of sp³-hybridized carbons (Fsp3) is 0.357. The number of hydrogen-bond donors (Lipinski definition) is 1. The smallest absolute Gasteiger partial charge is 0.319 e. The summed E-state index contributed by atoms with van der Waals surface area (Å²) < 4.78 is 5.06. The highest BCUT2D eigenvalue weighted by Gasteiger charge is 2.40. The molecule has 0 aliphatic rings. The molecule has 17 heavy (non-hydrogen) atoms. The Balaban J connectivity index is 3.17. The molecule has 0 amide bonds. The van der Waals surface area contributed by atoms with Gasteiger partial charge in [0.2, 0.25) is 0 Å². The maximum atomic E-state index is 12.1. The van der Waals surface area contributed by atoms with Gasteiger partial charge in [-0.25, -0.2) is 0 Å². The largest absolute Gasteiger partial charge is 0.465 e. The summed E-state index contributed by atoms with van der Waals surface area (Å²) in [5.74, 6) is -0.409. The highest BCUT2D eigenvalue weighted by atomic mass is 16.5. The summed E-state index contributed by atoms with van der Waals surface area (Å²) in [7, 11) is 0. The van der Waals surface area contributed by atoms with Crippen LogP contribution in [0.4, 0.5) is 0 Å². The minimum Gasteiger partial charge on any atom is -0.465 e. The van der Waals surface area contributed by atoms with Crippen molar-refractivity contribution in [3.63, 3.8) is 0 Å². The molecule has 92 valence electrons. The molecular weight excluding hydrogens is 216 g/mol. The van der Waals surface area contributed by atoms with Crippen molar-refractivity contribution in [2.45, 2.75) is 18.8 Å². The third-order valence-corrected chi connectivity index (χ3v) is 2.76. The van der Waals surface area contributed by atoms with Crippen molar-refractivity contribution in [2.24, 2.45) is 0 Å². The molecule has 1 rings (SSSR count). The fourth-order valence-electron chi connectivity index (χ4n) is 1.81. The molecule has 0 radical (unpaired) electrons. The van der Waals surface area contributed by atoms with Gasteiger partial charge in [0.15, 0.2) is 0 Å². The number of benzene rings is 1. The Morgan fingerprint density at radius 1 is 1.47 bits per heavy atom. The zero-order chi connectivity index (χ0) is 12.7. The lowest BCUT2D eigenvalue weighted by Gasteiger charge is -2.28. The van der Waals surface area contributed by atoms with Gasteiger partial charge >= 0.3 is 5.97 Å². The van der Waals surface area contributed by atoms with Crippen molar-refractivity contribution in [3.8, 4) is 0 Å². The maximum absolute atomic E-state index is 12.1. The summed E-state index contributed by atoms with van der Waals surface area (Å²) in [6, 6.07) is 9.17. The molecule has 1 aromatic rings. The van der Waals surface area contributed by atoms with E-state index >= 15 is 0 Å². The molecule has 0 saturated carbocycles. The standard InChI is InChI=1S/C14H18O3/c1-3-10-14(11-15,13(16)17-4-2)12-8-6-5-7-9-12/h3,5-9,15H,1,4,10-11H2,2H3/t14-/m1/s1. The third-order valence-electron chi connectivity index (χ3n) is 2.76. The normalized spacial score (nSPS) is 13.8. The Hall–Kier alpha value is -1.61. The summed E-state index contributed by atoms with van der Waals surface area (Å²) in [4.78, 5) is 12.1. The molecule has 0 aliphatic heterocycles. The van der Waals surface area contributed by atoms with Crippen LogP contribution in [0.2, 0.25) is 0 Å². The van der Waals surface area contributed by atoms with Crippen LogP contribution in [0.5, 0.6) is 0 Å². The Bertz CT molecular complexity index is 372. The minimum absolute atomic E-state index is 0.290. The zero-order valence-electron chi connectivity index (χ0n) is 10.1. The first-order chi connectivity index (χ1) is 8.21. The Kier molecular flexibility index (Phi) is 4.91. The molecule has 0 heterocycles. The summed E-state index contributed by atoms with van der Waals surface area (Å²) >= 11 is 0. The first-order valence-electron chi connectivity index (χ1n) is 5.65. The van der Waals surface area contributed by atoms with Crippen LogP contribution in [0.25, 0.3) is 0 Å². The van der Waals surface area contributed by atoms with E-state index in [0.717, 1.165) is 5.56 Å². The molecule has 0 unspecified atom stereocenters. The van der Waals surface area contributed by atoms with Crippen LogP contribution in [-0.4, -0.2) is 24.3 Å². The highest BCUT2D eigenvalue weighted by Crippen LogP contribution is 2.29. The van der Waals surface area contributed by atoms with Crippen LogP contribution in [0, 0.1) is 0 Å². The van der Waals surface area contributed by atoms with E-state index in [1.807, 2.05) is 30.3 Å². The topological polar surface area (TPSA) is 46.5 Å². The zero-order valence-corrected chi connectivity index (χ0v) is 10.1. The molecule has 1 N–H and O–H groups in total. The van der Waals surface area contributed by atoms with Crippen molar-refractivity contribution in [1.82, 2.24) is 0 Å². The molecule has 0 spiro atoms. The van der Waals surface area contributed by atoms with Crippen LogP contribution < -0.4 is 0 Å². The van der Waals surface area contributed by atoms with Gasteiger partial charge < -0.3 is 9.84 Å². The van der Waals surface area contributed by atoms with Crippen molar-refractivity contribution < 1.29 is 14.6 Å². The molecule has 3 heteroatoms. The summed E-state index contributed by atoms with van der Waals surface area (Å²) in [6.45, 7) is 5.40. The van der Waals surface area contributed by atoms with E-state index in [4.69, 9.17) is 4.74 Å². The second kappa shape index (κ2) is 6.21. The molecule has 0 aliphatic carbocycles. The lowest BCUT2D eigenvalue weighted by Crippen LogP contribution is -2.40. The SMILES string of the molecule is C=CC[C@](CO)(C(=O)OCC)c1ccccc1. The first kappa shape index (κ1) is 13.5. The van der Waals surface area contributed by atoms with Crippen LogP contribution in [0.1, 0.15) is 18.9 Å². The van der Waals surface area contributed by atoms with E-state index in [2.05, 4.69) is 6.58 Å². The number of esters is 1. The number of carbonyl (C=O) groups is 1. The minimum atomic E-state index is -1.03. The highest BCUT2D eigenvalue weighted by molar-refractivity contribution is 5.83. The molecule has 0 saturated heterocycles. The lowest BCUT2D eigenvalue weighted by atomic mass is 9.78. The van der Waals surface area contributed by atoms with Crippen LogP contribution in [-0.2, 0) is 14.9 Å². The van der Waals surface area contributed by atoms with E-state index in [1.165, 1.54) is 0 Å². The predicted molar refractivity (Wildman–Crippen MR) is 66.7 cm³/mol. The number of ether oxygens (including phenoxy) is 1. The summed E-state index contributed by atoms with van der Waals surface area (Å²) in [6.07, 6.45) is 1.98. The van der Waals surface area contributed by atoms with Gasteiger partial charge in [-0.1, -0.05) is 36.4 Å². The molecule has 1 aromatic carbocycles. The fourth-order valence-corrected chi connectivity index (χ4v) is 1.81. The van der Waals surface area contributed by atoms with E-state index in [1.54, 1.807) is 13.0 Å².